The molecular weight excluding hydrogens is 378 g/mol. The Kier molecular flexibility index (Phi) is 10.7. The molecule has 0 spiro atoms. The smallest absolute Gasteiger partial charge is 0.253 e. The number of piperidine rings is 1. The van der Waals surface area contributed by atoms with Crippen molar-refractivity contribution in [1.82, 2.24) is 5.32 Å². The Hall–Kier alpha value is -2.08. The highest BCUT2D eigenvalue weighted by Crippen LogP contribution is 2.28. The minimum atomic E-state index is -0.0965. The molecule has 0 radical (unpaired) electrons. The van der Waals surface area contributed by atoms with E-state index in [2.05, 4.69) is 29.4 Å². The van der Waals surface area contributed by atoms with E-state index >= 15 is 0 Å². The normalized spacial score (nSPS) is 15.0. The minimum absolute atomic E-state index is 0.0121. The Morgan fingerprint density at radius 3 is 2.57 bits per heavy atom. The minimum Gasteiger partial charge on any atom is -0.385 e. The Morgan fingerprint density at radius 2 is 1.90 bits per heavy atom. The highest BCUT2D eigenvalue weighted by molar-refractivity contribution is 6.02. The Balaban J connectivity index is 2.17. The third-order valence-corrected chi connectivity index (χ3v) is 5.79. The number of methoxy groups -OCH3 is 1. The standard InChI is InChI=1S/C24H39N3O3/c1-4-6-11-19(5-2)23(28)26-20-12-13-22(27-15-8-7-9-16-27)21(18-20)24(29)25-14-10-17-30-3/h12-13,18-19H,4-11,14-17H2,1-3H3,(H,25,29)(H,26,28)/t19-/m0/s1. The zero-order valence-electron chi connectivity index (χ0n) is 19.0. The molecule has 0 aromatic heterocycles. The fourth-order valence-corrected chi connectivity index (χ4v) is 3.94. The van der Waals surface area contributed by atoms with Gasteiger partial charge in [0.2, 0.25) is 5.91 Å². The summed E-state index contributed by atoms with van der Waals surface area (Å²) in [5, 5.41) is 6.04. The van der Waals surface area contributed by atoms with Gasteiger partial charge in [0, 0.05) is 50.6 Å². The van der Waals surface area contributed by atoms with Gasteiger partial charge in [0.05, 0.1) is 5.56 Å². The first kappa shape index (κ1) is 24.2. The lowest BCUT2D eigenvalue weighted by molar-refractivity contribution is -0.120. The van der Waals surface area contributed by atoms with E-state index in [1.807, 2.05) is 18.2 Å². The van der Waals surface area contributed by atoms with Gasteiger partial charge in [-0.25, -0.2) is 0 Å². The van der Waals surface area contributed by atoms with Gasteiger partial charge in [-0.05, 0) is 56.7 Å². The van der Waals surface area contributed by atoms with Gasteiger partial charge in [0.15, 0.2) is 0 Å². The third-order valence-electron chi connectivity index (χ3n) is 5.79. The first-order chi connectivity index (χ1) is 14.6. The second-order valence-corrected chi connectivity index (χ2v) is 8.12. The van der Waals surface area contributed by atoms with Crippen LogP contribution in [0.25, 0.3) is 0 Å². The highest BCUT2D eigenvalue weighted by atomic mass is 16.5. The molecule has 168 valence electrons. The maximum absolute atomic E-state index is 12.9. The SMILES string of the molecule is CCCC[C@H](CC)C(=O)Nc1ccc(N2CCCCC2)c(C(=O)NCCCOC)c1. The van der Waals surface area contributed by atoms with Crippen molar-refractivity contribution in [2.45, 2.75) is 65.2 Å². The van der Waals surface area contributed by atoms with Gasteiger partial charge in [-0.1, -0.05) is 26.7 Å². The summed E-state index contributed by atoms with van der Waals surface area (Å²) in [7, 11) is 1.66. The van der Waals surface area contributed by atoms with Gasteiger partial charge in [-0.3, -0.25) is 9.59 Å². The highest BCUT2D eigenvalue weighted by Gasteiger charge is 2.21. The topological polar surface area (TPSA) is 70.7 Å². The Morgan fingerprint density at radius 1 is 1.13 bits per heavy atom. The molecule has 1 aliphatic rings. The maximum Gasteiger partial charge on any atom is 0.253 e. The number of carbonyl (C=O) groups is 2. The van der Waals surface area contributed by atoms with Crippen molar-refractivity contribution < 1.29 is 14.3 Å². The number of unbranched alkanes of at least 4 members (excludes halogenated alkanes) is 1. The number of anilines is 2. The molecule has 2 rings (SSSR count). The van der Waals surface area contributed by atoms with Gasteiger partial charge in [-0.15, -0.1) is 0 Å². The largest absolute Gasteiger partial charge is 0.385 e. The van der Waals surface area contributed by atoms with E-state index in [1.165, 1.54) is 6.42 Å². The van der Waals surface area contributed by atoms with Crippen molar-refractivity contribution in [1.29, 1.82) is 0 Å². The van der Waals surface area contributed by atoms with Crippen LogP contribution in [0.5, 0.6) is 0 Å². The first-order valence-corrected chi connectivity index (χ1v) is 11.6. The van der Waals surface area contributed by atoms with E-state index in [0.717, 1.165) is 63.7 Å². The summed E-state index contributed by atoms with van der Waals surface area (Å²) >= 11 is 0. The Bertz CT molecular complexity index is 672. The summed E-state index contributed by atoms with van der Waals surface area (Å²) < 4.78 is 5.07. The van der Waals surface area contributed by atoms with Crippen molar-refractivity contribution in [2.75, 3.05) is 43.6 Å². The van der Waals surface area contributed by atoms with Crippen LogP contribution < -0.4 is 15.5 Å². The predicted octanol–water partition coefficient (Wildman–Crippen LogP) is 4.60. The summed E-state index contributed by atoms with van der Waals surface area (Å²) in [6.07, 6.45) is 8.15. The molecule has 0 aliphatic carbocycles. The molecule has 1 fully saturated rings. The van der Waals surface area contributed by atoms with Crippen molar-refractivity contribution in [3.8, 4) is 0 Å². The number of hydrogen-bond donors (Lipinski definition) is 2. The van der Waals surface area contributed by atoms with E-state index in [0.29, 0.717) is 24.4 Å². The van der Waals surface area contributed by atoms with E-state index in [9.17, 15) is 9.59 Å². The quantitative estimate of drug-likeness (QED) is 0.488. The van der Waals surface area contributed by atoms with Crippen LogP contribution in [0, 0.1) is 5.92 Å². The number of hydrogen-bond acceptors (Lipinski definition) is 4. The molecule has 1 aromatic rings. The molecule has 1 atom stereocenters. The summed E-state index contributed by atoms with van der Waals surface area (Å²) in [5.74, 6) is -0.0398. The lowest BCUT2D eigenvalue weighted by atomic mass is 9.98. The summed E-state index contributed by atoms with van der Waals surface area (Å²) in [6.45, 7) is 7.30. The second-order valence-electron chi connectivity index (χ2n) is 8.12. The van der Waals surface area contributed by atoms with Crippen LogP contribution in [0.1, 0.15) is 75.6 Å². The van der Waals surface area contributed by atoms with Crippen LogP contribution >= 0.6 is 0 Å². The van der Waals surface area contributed by atoms with E-state index in [-0.39, 0.29) is 17.7 Å². The molecule has 6 heteroatoms. The second kappa shape index (κ2) is 13.3. The fourth-order valence-electron chi connectivity index (χ4n) is 3.94. The summed E-state index contributed by atoms with van der Waals surface area (Å²) in [4.78, 5) is 28.0. The number of ether oxygens (including phenoxy) is 1. The number of carbonyl (C=O) groups excluding carboxylic acids is 2. The summed E-state index contributed by atoms with van der Waals surface area (Å²) in [5.41, 5.74) is 2.28. The molecule has 1 heterocycles. The third kappa shape index (κ3) is 7.31. The van der Waals surface area contributed by atoms with Crippen LogP contribution in [0.3, 0.4) is 0 Å². The molecule has 1 aliphatic heterocycles. The number of nitrogens with zero attached hydrogens (tertiary/aromatic N) is 1. The van der Waals surface area contributed by atoms with Crippen molar-refractivity contribution in [3.05, 3.63) is 23.8 Å². The molecule has 1 aromatic carbocycles. The van der Waals surface area contributed by atoms with Crippen molar-refractivity contribution in [3.63, 3.8) is 0 Å². The Labute approximate surface area is 181 Å². The van der Waals surface area contributed by atoms with Gasteiger partial charge in [-0.2, -0.15) is 0 Å². The van der Waals surface area contributed by atoms with E-state index in [4.69, 9.17) is 4.74 Å². The van der Waals surface area contributed by atoms with Crippen LogP contribution in [0.4, 0.5) is 11.4 Å². The number of amides is 2. The van der Waals surface area contributed by atoms with Crippen molar-refractivity contribution in [2.24, 2.45) is 5.92 Å². The average Bonchev–Trinajstić information content (AvgIpc) is 2.77. The van der Waals surface area contributed by atoms with E-state index in [1.54, 1.807) is 7.11 Å². The zero-order valence-corrected chi connectivity index (χ0v) is 19.0. The average molecular weight is 418 g/mol. The molecule has 0 bridgehead atoms. The molecular formula is C24H39N3O3. The number of nitrogens with one attached hydrogen (secondary N) is 2. The molecule has 0 unspecified atom stereocenters. The first-order valence-electron chi connectivity index (χ1n) is 11.6. The molecule has 30 heavy (non-hydrogen) atoms. The summed E-state index contributed by atoms with van der Waals surface area (Å²) in [6, 6.07) is 5.74. The molecule has 2 N–H and O–H groups in total. The molecule has 1 saturated heterocycles. The molecule has 2 amide bonds. The van der Waals surface area contributed by atoms with Gasteiger partial charge >= 0.3 is 0 Å². The lowest BCUT2D eigenvalue weighted by Crippen LogP contribution is -2.33. The number of benzene rings is 1. The van der Waals surface area contributed by atoms with Crippen LogP contribution in [-0.4, -0.2) is 45.2 Å². The predicted molar refractivity (Wildman–Crippen MR) is 123 cm³/mol. The maximum atomic E-state index is 12.9. The monoisotopic (exact) mass is 417 g/mol. The molecule has 0 saturated carbocycles. The number of rotatable bonds is 12. The van der Waals surface area contributed by atoms with Crippen molar-refractivity contribution >= 4 is 23.2 Å². The van der Waals surface area contributed by atoms with E-state index < -0.39 is 0 Å². The fraction of sp³-hybridized carbons (Fsp3) is 0.667. The van der Waals surface area contributed by atoms with Gasteiger partial charge in [0.25, 0.3) is 5.91 Å². The van der Waals surface area contributed by atoms with Gasteiger partial charge in [0.1, 0.15) is 0 Å². The van der Waals surface area contributed by atoms with Crippen LogP contribution in [0.15, 0.2) is 18.2 Å². The van der Waals surface area contributed by atoms with Crippen LogP contribution in [-0.2, 0) is 9.53 Å². The lowest BCUT2D eigenvalue weighted by Gasteiger charge is -2.30. The molecule has 6 nitrogen and oxygen atoms in total. The zero-order chi connectivity index (χ0) is 21.8. The van der Waals surface area contributed by atoms with Crippen LogP contribution in [0.2, 0.25) is 0 Å². The van der Waals surface area contributed by atoms with Gasteiger partial charge < -0.3 is 20.3 Å².